The maximum absolute atomic E-state index is 3.57. The lowest BCUT2D eigenvalue weighted by molar-refractivity contribution is 0.283. The summed E-state index contributed by atoms with van der Waals surface area (Å²) in [6.45, 7) is 4.62. The number of hydrogen-bond acceptors (Lipinski definition) is 2. The van der Waals surface area contributed by atoms with E-state index >= 15 is 0 Å². The van der Waals surface area contributed by atoms with Crippen LogP contribution in [-0.4, -0.2) is 24.0 Å². The molecule has 2 heteroatoms. The first kappa shape index (κ1) is 9.37. The van der Waals surface area contributed by atoms with Crippen molar-refractivity contribution in [3.8, 4) is 0 Å². The third kappa shape index (κ3) is 2.21. The van der Waals surface area contributed by atoms with E-state index in [1.807, 2.05) is 0 Å². The summed E-state index contributed by atoms with van der Waals surface area (Å²) in [7, 11) is 0. The molecule has 80 valence electrons. The van der Waals surface area contributed by atoms with Gasteiger partial charge in [-0.1, -0.05) is 24.3 Å². The highest BCUT2D eigenvalue weighted by Gasteiger charge is 2.21. The molecule has 1 aliphatic heterocycles. The molecule has 0 amide bonds. The zero-order chi connectivity index (χ0) is 10.1. The average Bonchev–Trinajstić information content (AvgIpc) is 2.97. The summed E-state index contributed by atoms with van der Waals surface area (Å²) < 4.78 is 0. The maximum atomic E-state index is 3.57. The summed E-state index contributed by atoms with van der Waals surface area (Å²) in [6.07, 6.45) is 2.78. The molecule has 0 radical (unpaired) electrons. The molecule has 0 aromatic heterocycles. The van der Waals surface area contributed by atoms with Crippen LogP contribution in [0, 0.1) is 0 Å². The van der Waals surface area contributed by atoms with Crippen molar-refractivity contribution >= 4 is 0 Å². The monoisotopic (exact) mass is 202 g/mol. The van der Waals surface area contributed by atoms with Gasteiger partial charge in [0.05, 0.1) is 0 Å². The molecule has 15 heavy (non-hydrogen) atoms. The van der Waals surface area contributed by atoms with Gasteiger partial charge in [-0.05, 0) is 24.0 Å². The molecule has 0 saturated heterocycles. The molecule has 0 unspecified atom stereocenters. The minimum atomic E-state index is 0.843. The number of rotatable bonds is 4. The van der Waals surface area contributed by atoms with Crippen LogP contribution in [0.4, 0.5) is 0 Å². The fourth-order valence-corrected chi connectivity index (χ4v) is 2.28. The average molecular weight is 202 g/mol. The zero-order valence-corrected chi connectivity index (χ0v) is 9.08. The Balaban J connectivity index is 1.50. The molecular formula is C13H18N2. The highest BCUT2D eigenvalue weighted by atomic mass is 15.2. The summed E-state index contributed by atoms with van der Waals surface area (Å²) in [5.41, 5.74) is 3.04. The summed E-state index contributed by atoms with van der Waals surface area (Å²) in [5, 5.41) is 3.57. The second-order valence-corrected chi connectivity index (χ2v) is 4.71. The molecule has 1 aliphatic carbocycles. The number of benzene rings is 1. The molecule has 2 nitrogen and oxygen atoms in total. The Morgan fingerprint density at radius 2 is 1.80 bits per heavy atom. The van der Waals surface area contributed by atoms with Crippen molar-refractivity contribution in [1.82, 2.24) is 10.2 Å². The van der Waals surface area contributed by atoms with Crippen molar-refractivity contribution in [3.05, 3.63) is 35.4 Å². The minimum absolute atomic E-state index is 0.843. The van der Waals surface area contributed by atoms with Gasteiger partial charge < -0.3 is 5.32 Å². The van der Waals surface area contributed by atoms with Crippen LogP contribution in [0.25, 0.3) is 0 Å². The van der Waals surface area contributed by atoms with Crippen LogP contribution in [0.5, 0.6) is 0 Å². The molecular weight excluding hydrogens is 184 g/mol. The smallest absolute Gasteiger partial charge is 0.0241 e. The number of nitrogens with zero attached hydrogens (tertiary/aromatic N) is 1. The lowest BCUT2D eigenvalue weighted by atomic mass is 10.1. The third-order valence-electron chi connectivity index (χ3n) is 3.34. The Morgan fingerprint density at radius 1 is 1.13 bits per heavy atom. The van der Waals surface area contributed by atoms with E-state index in [0.717, 1.165) is 25.7 Å². The lowest BCUT2D eigenvalue weighted by Crippen LogP contribution is -2.29. The molecule has 1 aromatic rings. The van der Waals surface area contributed by atoms with Crippen molar-refractivity contribution < 1.29 is 0 Å². The van der Waals surface area contributed by atoms with E-state index in [9.17, 15) is 0 Å². The Labute approximate surface area is 91.3 Å². The van der Waals surface area contributed by atoms with Gasteiger partial charge in [0.25, 0.3) is 0 Å². The van der Waals surface area contributed by atoms with Crippen molar-refractivity contribution in [3.63, 3.8) is 0 Å². The second kappa shape index (κ2) is 3.95. The maximum Gasteiger partial charge on any atom is 0.0241 e. The molecule has 1 N–H and O–H groups in total. The van der Waals surface area contributed by atoms with Crippen LogP contribution in [0.3, 0.4) is 0 Å². The number of fused-ring (bicyclic) bond motifs is 1. The van der Waals surface area contributed by atoms with E-state index in [1.165, 1.54) is 30.5 Å². The highest BCUT2D eigenvalue weighted by Crippen LogP contribution is 2.22. The fraction of sp³-hybridized carbons (Fsp3) is 0.538. The van der Waals surface area contributed by atoms with Crippen molar-refractivity contribution in [2.45, 2.75) is 32.0 Å². The zero-order valence-electron chi connectivity index (χ0n) is 9.08. The van der Waals surface area contributed by atoms with Crippen molar-refractivity contribution in [1.29, 1.82) is 0 Å². The van der Waals surface area contributed by atoms with Crippen molar-refractivity contribution in [2.75, 3.05) is 13.1 Å². The molecule has 1 saturated carbocycles. The Bertz CT molecular complexity index is 319. The SMILES string of the molecule is c1ccc2c(c1)CN(CCNC1CC1)C2. The van der Waals surface area contributed by atoms with Crippen molar-refractivity contribution in [2.24, 2.45) is 0 Å². The largest absolute Gasteiger partial charge is 0.313 e. The van der Waals surface area contributed by atoms with Gasteiger partial charge in [0, 0.05) is 32.2 Å². The summed E-state index contributed by atoms with van der Waals surface area (Å²) >= 11 is 0. The van der Waals surface area contributed by atoms with Gasteiger partial charge in [-0.15, -0.1) is 0 Å². The lowest BCUT2D eigenvalue weighted by Gasteiger charge is -2.14. The molecule has 0 atom stereocenters. The molecule has 1 heterocycles. The Kier molecular flexibility index (Phi) is 2.47. The number of hydrogen-bond donors (Lipinski definition) is 1. The first-order valence-corrected chi connectivity index (χ1v) is 5.94. The Morgan fingerprint density at radius 3 is 2.40 bits per heavy atom. The van der Waals surface area contributed by atoms with Crippen LogP contribution < -0.4 is 5.32 Å². The van der Waals surface area contributed by atoms with Gasteiger partial charge in [-0.3, -0.25) is 4.90 Å². The first-order valence-electron chi connectivity index (χ1n) is 5.94. The standard InChI is InChI=1S/C13H18N2/c1-2-4-12-10-15(9-11(12)3-1)8-7-14-13-5-6-13/h1-4,13-14H,5-10H2. The van der Waals surface area contributed by atoms with Crippen LogP contribution in [0.1, 0.15) is 24.0 Å². The first-order chi connectivity index (χ1) is 7.42. The summed E-state index contributed by atoms with van der Waals surface area (Å²) in [6, 6.07) is 9.64. The van der Waals surface area contributed by atoms with Gasteiger partial charge in [0.1, 0.15) is 0 Å². The van der Waals surface area contributed by atoms with Gasteiger partial charge >= 0.3 is 0 Å². The van der Waals surface area contributed by atoms with Crippen LogP contribution >= 0.6 is 0 Å². The topological polar surface area (TPSA) is 15.3 Å². The second-order valence-electron chi connectivity index (χ2n) is 4.71. The van der Waals surface area contributed by atoms with E-state index in [2.05, 4.69) is 34.5 Å². The van der Waals surface area contributed by atoms with E-state index in [1.54, 1.807) is 0 Å². The van der Waals surface area contributed by atoms with Crippen LogP contribution in [-0.2, 0) is 13.1 Å². The van der Waals surface area contributed by atoms with Gasteiger partial charge in [-0.25, -0.2) is 0 Å². The molecule has 0 spiro atoms. The molecule has 1 aromatic carbocycles. The normalized spacial score (nSPS) is 20.5. The van der Waals surface area contributed by atoms with Gasteiger partial charge in [0.2, 0.25) is 0 Å². The van der Waals surface area contributed by atoms with E-state index in [4.69, 9.17) is 0 Å². The minimum Gasteiger partial charge on any atom is -0.313 e. The Hall–Kier alpha value is -0.860. The predicted octanol–water partition coefficient (Wildman–Crippen LogP) is 1.75. The summed E-state index contributed by atoms with van der Waals surface area (Å²) in [5.74, 6) is 0. The number of nitrogens with one attached hydrogen (secondary N) is 1. The van der Waals surface area contributed by atoms with Gasteiger partial charge in [-0.2, -0.15) is 0 Å². The van der Waals surface area contributed by atoms with E-state index in [-0.39, 0.29) is 0 Å². The predicted molar refractivity (Wildman–Crippen MR) is 61.6 cm³/mol. The quantitative estimate of drug-likeness (QED) is 0.800. The van der Waals surface area contributed by atoms with Gasteiger partial charge in [0.15, 0.2) is 0 Å². The van der Waals surface area contributed by atoms with E-state index < -0.39 is 0 Å². The molecule has 3 rings (SSSR count). The van der Waals surface area contributed by atoms with Crippen LogP contribution in [0.15, 0.2) is 24.3 Å². The summed E-state index contributed by atoms with van der Waals surface area (Å²) in [4.78, 5) is 2.53. The highest BCUT2D eigenvalue weighted by molar-refractivity contribution is 5.30. The van der Waals surface area contributed by atoms with Crippen LogP contribution in [0.2, 0.25) is 0 Å². The molecule has 0 bridgehead atoms. The van der Waals surface area contributed by atoms with E-state index in [0.29, 0.717) is 0 Å². The fourth-order valence-electron chi connectivity index (χ4n) is 2.28. The molecule has 1 fully saturated rings. The third-order valence-corrected chi connectivity index (χ3v) is 3.34. The molecule has 2 aliphatic rings.